The standard InChI is InChI=1S/C20H15N3O3S2/c1-25-16-11-13(8-9-15(16)26-19(24)18-7-4-10-27-18)12-21-23-20-22-14-5-2-3-6-17(14)28-20/h2-12H,1H3,(H,22,23)/b21-12-. The zero-order valence-corrected chi connectivity index (χ0v) is 16.4. The van der Waals surface area contributed by atoms with E-state index in [1.54, 1.807) is 36.5 Å². The maximum atomic E-state index is 12.1. The number of rotatable bonds is 6. The lowest BCUT2D eigenvalue weighted by Gasteiger charge is -2.09. The van der Waals surface area contributed by atoms with Gasteiger partial charge in [0.25, 0.3) is 0 Å². The van der Waals surface area contributed by atoms with Gasteiger partial charge >= 0.3 is 5.97 Å². The molecule has 2 aromatic heterocycles. The molecule has 0 spiro atoms. The second-order valence-corrected chi connectivity index (χ2v) is 7.61. The van der Waals surface area contributed by atoms with E-state index in [9.17, 15) is 4.79 Å². The van der Waals surface area contributed by atoms with Crippen LogP contribution in [0.25, 0.3) is 10.2 Å². The molecule has 0 atom stereocenters. The van der Waals surface area contributed by atoms with Gasteiger partial charge in [-0.15, -0.1) is 11.3 Å². The molecule has 28 heavy (non-hydrogen) atoms. The predicted molar refractivity (Wildman–Crippen MR) is 113 cm³/mol. The molecule has 0 fully saturated rings. The van der Waals surface area contributed by atoms with Crippen molar-refractivity contribution in [2.75, 3.05) is 12.5 Å². The summed E-state index contributed by atoms with van der Waals surface area (Å²) in [6.07, 6.45) is 1.65. The fourth-order valence-corrected chi connectivity index (χ4v) is 3.89. The van der Waals surface area contributed by atoms with Crippen molar-refractivity contribution in [1.29, 1.82) is 0 Å². The molecule has 0 saturated heterocycles. The van der Waals surface area contributed by atoms with Gasteiger partial charge in [-0.2, -0.15) is 5.10 Å². The first kappa shape index (κ1) is 18.1. The molecule has 6 nitrogen and oxygen atoms in total. The van der Waals surface area contributed by atoms with Gasteiger partial charge in [0.05, 0.1) is 23.5 Å². The number of nitrogens with zero attached hydrogens (tertiary/aromatic N) is 2. The fourth-order valence-electron chi connectivity index (χ4n) is 2.48. The highest BCUT2D eigenvalue weighted by molar-refractivity contribution is 7.22. The highest BCUT2D eigenvalue weighted by Crippen LogP contribution is 2.29. The van der Waals surface area contributed by atoms with Gasteiger partial charge in [0.2, 0.25) is 5.13 Å². The second kappa shape index (κ2) is 8.20. The lowest BCUT2D eigenvalue weighted by atomic mass is 10.2. The second-order valence-electron chi connectivity index (χ2n) is 5.63. The number of hydrogen-bond donors (Lipinski definition) is 1. The number of hydrogen-bond acceptors (Lipinski definition) is 8. The molecule has 0 radical (unpaired) electrons. The summed E-state index contributed by atoms with van der Waals surface area (Å²) < 4.78 is 11.9. The van der Waals surface area contributed by atoms with Crippen LogP contribution in [-0.2, 0) is 0 Å². The third-order valence-electron chi connectivity index (χ3n) is 3.78. The Kier molecular flexibility index (Phi) is 5.31. The SMILES string of the molecule is COc1cc(/C=N\Nc2nc3ccccc3s2)ccc1OC(=O)c1cccs1. The summed E-state index contributed by atoms with van der Waals surface area (Å²) in [5, 5.41) is 6.76. The van der Waals surface area contributed by atoms with Crippen LogP contribution in [0.5, 0.6) is 11.5 Å². The van der Waals surface area contributed by atoms with Crippen LogP contribution in [-0.4, -0.2) is 24.3 Å². The van der Waals surface area contributed by atoms with Crippen LogP contribution >= 0.6 is 22.7 Å². The lowest BCUT2D eigenvalue weighted by molar-refractivity contribution is 0.0735. The molecule has 140 valence electrons. The van der Waals surface area contributed by atoms with E-state index in [0.29, 0.717) is 21.5 Å². The van der Waals surface area contributed by atoms with Gasteiger partial charge in [-0.05, 0) is 47.3 Å². The highest BCUT2D eigenvalue weighted by Gasteiger charge is 2.13. The number of para-hydroxylation sites is 1. The van der Waals surface area contributed by atoms with Gasteiger partial charge in [0, 0.05) is 0 Å². The molecular formula is C20H15N3O3S2. The molecule has 0 saturated carbocycles. The quantitative estimate of drug-likeness (QED) is 0.209. The molecule has 2 heterocycles. The number of thiazole rings is 1. The number of carbonyl (C=O) groups is 1. The van der Waals surface area contributed by atoms with E-state index in [0.717, 1.165) is 15.8 Å². The molecule has 0 aliphatic heterocycles. The highest BCUT2D eigenvalue weighted by atomic mass is 32.1. The minimum absolute atomic E-state index is 0.359. The van der Waals surface area contributed by atoms with Crippen LogP contribution in [0, 0.1) is 0 Å². The average molecular weight is 409 g/mol. The van der Waals surface area contributed by atoms with Crippen molar-refractivity contribution in [3.63, 3.8) is 0 Å². The van der Waals surface area contributed by atoms with E-state index in [1.807, 2.05) is 29.6 Å². The molecule has 0 bridgehead atoms. The molecule has 4 aromatic rings. The van der Waals surface area contributed by atoms with Crippen LogP contribution in [0.2, 0.25) is 0 Å². The number of hydrazone groups is 1. The Balaban J connectivity index is 1.46. The number of methoxy groups -OCH3 is 1. The number of fused-ring (bicyclic) bond motifs is 1. The number of esters is 1. The van der Waals surface area contributed by atoms with Gasteiger partial charge in [-0.25, -0.2) is 9.78 Å². The molecule has 8 heteroatoms. The van der Waals surface area contributed by atoms with Crippen molar-refractivity contribution in [3.05, 3.63) is 70.4 Å². The van der Waals surface area contributed by atoms with Crippen LogP contribution in [0.1, 0.15) is 15.2 Å². The molecular weight excluding hydrogens is 394 g/mol. The van der Waals surface area contributed by atoms with E-state index in [-0.39, 0.29) is 0 Å². The summed E-state index contributed by atoms with van der Waals surface area (Å²) in [7, 11) is 1.53. The van der Waals surface area contributed by atoms with Gasteiger partial charge in [0.1, 0.15) is 4.88 Å². The number of thiophene rings is 1. The lowest BCUT2D eigenvalue weighted by Crippen LogP contribution is -2.07. The van der Waals surface area contributed by atoms with Crippen molar-refractivity contribution in [1.82, 2.24) is 4.98 Å². The van der Waals surface area contributed by atoms with Crippen molar-refractivity contribution in [2.45, 2.75) is 0 Å². The van der Waals surface area contributed by atoms with Gasteiger partial charge in [-0.3, -0.25) is 5.43 Å². The Morgan fingerprint density at radius 3 is 2.82 bits per heavy atom. The van der Waals surface area contributed by atoms with Crippen molar-refractivity contribution in [3.8, 4) is 11.5 Å². The first-order valence-electron chi connectivity index (χ1n) is 8.31. The van der Waals surface area contributed by atoms with E-state index in [1.165, 1.54) is 29.8 Å². The third-order valence-corrected chi connectivity index (χ3v) is 5.57. The van der Waals surface area contributed by atoms with Gasteiger partial charge < -0.3 is 9.47 Å². The van der Waals surface area contributed by atoms with Crippen LogP contribution < -0.4 is 14.9 Å². The van der Waals surface area contributed by atoms with E-state index in [2.05, 4.69) is 15.5 Å². The van der Waals surface area contributed by atoms with Gasteiger partial charge in [0.15, 0.2) is 11.5 Å². The summed E-state index contributed by atoms with van der Waals surface area (Å²) in [5.74, 6) is 0.401. The smallest absolute Gasteiger partial charge is 0.353 e. The largest absolute Gasteiger partial charge is 0.493 e. The number of carbonyl (C=O) groups excluding carboxylic acids is 1. The zero-order valence-electron chi connectivity index (χ0n) is 14.8. The van der Waals surface area contributed by atoms with Crippen LogP contribution in [0.3, 0.4) is 0 Å². The average Bonchev–Trinajstić information content (AvgIpc) is 3.38. The Bertz CT molecular complexity index is 1100. The Morgan fingerprint density at radius 2 is 2.04 bits per heavy atom. The van der Waals surface area contributed by atoms with Crippen LogP contribution in [0.15, 0.2) is 65.1 Å². The summed E-state index contributed by atoms with van der Waals surface area (Å²) in [6, 6.07) is 16.7. The summed E-state index contributed by atoms with van der Waals surface area (Å²) in [5.41, 5.74) is 4.66. The summed E-state index contributed by atoms with van der Waals surface area (Å²) in [6.45, 7) is 0. The Labute approximate surface area is 169 Å². The van der Waals surface area contributed by atoms with Crippen molar-refractivity contribution >= 4 is 50.2 Å². The fraction of sp³-hybridized carbons (Fsp3) is 0.0500. The number of aromatic nitrogens is 1. The first-order chi connectivity index (χ1) is 13.7. The number of nitrogens with one attached hydrogen (secondary N) is 1. The number of ether oxygens (including phenoxy) is 2. The summed E-state index contributed by atoms with van der Waals surface area (Å²) >= 11 is 2.86. The topological polar surface area (TPSA) is 72.8 Å². The van der Waals surface area contributed by atoms with E-state index < -0.39 is 5.97 Å². The van der Waals surface area contributed by atoms with Crippen molar-refractivity contribution < 1.29 is 14.3 Å². The van der Waals surface area contributed by atoms with Gasteiger partial charge in [-0.1, -0.05) is 29.5 Å². The summed E-state index contributed by atoms with van der Waals surface area (Å²) in [4.78, 5) is 17.1. The Hall–Kier alpha value is -3.23. The molecule has 0 amide bonds. The normalized spacial score (nSPS) is 11.0. The number of benzene rings is 2. The predicted octanol–water partition coefficient (Wildman–Crippen LogP) is 5.03. The van der Waals surface area contributed by atoms with E-state index in [4.69, 9.17) is 9.47 Å². The third kappa shape index (κ3) is 4.03. The minimum Gasteiger partial charge on any atom is -0.493 e. The van der Waals surface area contributed by atoms with E-state index >= 15 is 0 Å². The monoisotopic (exact) mass is 409 g/mol. The molecule has 0 unspecified atom stereocenters. The molecule has 1 N–H and O–H groups in total. The molecule has 4 rings (SSSR count). The van der Waals surface area contributed by atoms with Crippen LogP contribution in [0.4, 0.5) is 5.13 Å². The maximum Gasteiger partial charge on any atom is 0.353 e. The Morgan fingerprint density at radius 1 is 1.14 bits per heavy atom. The molecule has 2 aromatic carbocycles. The zero-order chi connectivity index (χ0) is 19.3. The van der Waals surface area contributed by atoms with Crippen molar-refractivity contribution in [2.24, 2.45) is 5.10 Å². The maximum absolute atomic E-state index is 12.1. The first-order valence-corrected chi connectivity index (χ1v) is 10.0. The molecule has 0 aliphatic rings. The minimum atomic E-state index is -0.410. The molecule has 0 aliphatic carbocycles. The number of anilines is 1.